The van der Waals surface area contributed by atoms with Crippen molar-refractivity contribution in [2.75, 3.05) is 0 Å². The highest BCUT2D eigenvalue weighted by Gasteiger charge is 2.27. The van der Waals surface area contributed by atoms with Crippen molar-refractivity contribution in [2.45, 2.75) is 25.8 Å². The molecule has 37 heavy (non-hydrogen) atoms. The summed E-state index contributed by atoms with van der Waals surface area (Å²) in [4.78, 5) is 45.4. The molecule has 3 aromatic carbocycles. The molecule has 1 heterocycles. The molecular formula is C29H28N4O4. The van der Waals surface area contributed by atoms with Crippen LogP contribution in [0.5, 0.6) is 0 Å². The van der Waals surface area contributed by atoms with Crippen LogP contribution in [0.2, 0.25) is 0 Å². The van der Waals surface area contributed by atoms with Gasteiger partial charge in [0.2, 0.25) is 5.78 Å². The Labute approximate surface area is 215 Å². The number of aromatic nitrogens is 2. The van der Waals surface area contributed by atoms with Gasteiger partial charge in [-0.15, -0.1) is 0 Å². The fourth-order valence-corrected chi connectivity index (χ4v) is 3.95. The Morgan fingerprint density at radius 1 is 0.865 bits per heavy atom. The molecule has 3 N–H and O–H groups in total. The number of benzene rings is 3. The molecule has 4 aromatic rings. The molecule has 1 atom stereocenters. The molecule has 188 valence electrons. The monoisotopic (exact) mass is 496 g/mol. The Hall–Kier alpha value is -4.85. The molecule has 0 aliphatic rings. The molecule has 8 nitrogen and oxygen atoms in total. The van der Waals surface area contributed by atoms with Crippen molar-refractivity contribution in [3.63, 3.8) is 0 Å². The minimum Gasteiger partial charge on any atom is -0.363 e. The van der Waals surface area contributed by atoms with E-state index in [-0.39, 0.29) is 12.1 Å². The number of amides is 2. The smallest absolute Gasteiger partial charge is 0.287 e. The quantitative estimate of drug-likeness (QED) is 0.345. The van der Waals surface area contributed by atoms with E-state index in [1.54, 1.807) is 17.7 Å². The molecule has 8 heteroatoms. The molecular weight excluding hydrogens is 468 g/mol. The number of Topliss-reactive ketones (excluding diaryl/α,β-unsaturated/α-hetero) is 1. The lowest BCUT2D eigenvalue weighted by molar-refractivity contribution is -0.137. The van der Waals surface area contributed by atoms with E-state index in [2.05, 4.69) is 22.5 Å². The van der Waals surface area contributed by atoms with Gasteiger partial charge in [-0.1, -0.05) is 72.8 Å². The fourth-order valence-electron chi connectivity index (χ4n) is 3.95. The maximum absolute atomic E-state index is 13.3. The molecule has 0 bridgehead atoms. The van der Waals surface area contributed by atoms with Gasteiger partial charge in [0.25, 0.3) is 11.8 Å². The molecule has 1 aromatic heterocycles. The average Bonchev–Trinajstić information content (AvgIpc) is 3.32. The third-order valence-electron chi connectivity index (χ3n) is 5.62. The van der Waals surface area contributed by atoms with Gasteiger partial charge in [-0.25, -0.2) is 4.68 Å². The van der Waals surface area contributed by atoms with E-state index in [1.165, 1.54) is 5.56 Å². The van der Waals surface area contributed by atoms with Crippen LogP contribution in [0.25, 0.3) is 5.69 Å². The van der Waals surface area contributed by atoms with Gasteiger partial charge in [0.05, 0.1) is 11.4 Å². The van der Waals surface area contributed by atoms with Crippen LogP contribution in [-0.4, -0.2) is 40.2 Å². The molecule has 0 saturated carbocycles. The van der Waals surface area contributed by atoms with Crippen LogP contribution in [0.15, 0.2) is 91.0 Å². The first-order valence-electron chi connectivity index (χ1n) is 11.6. The molecule has 0 aliphatic heterocycles. The van der Waals surface area contributed by atoms with E-state index in [0.717, 1.165) is 23.2 Å². The van der Waals surface area contributed by atoms with Crippen molar-refractivity contribution >= 4 is 24.4 Å². The highest BCUT2D eigenvalue weighted by molar-refractivity contribution is 6.38. The molecule has 0 aliphatic carbocycles. The van der Waals surface area contributed by atoms with Gasteiger partial charge in [0.15, 0.2) is 0 Å². The third kappa shape index (κ3) is 7.08. The lowest BCUT2D eigenvalue weighted by Crippen LogP contribution is -2.47. The molecule has 0 radical (unpaired) electrons. The number of primary amides is 1. The molecule has 1 unspecified atom stereocenters. The van der Waals surface area contributed by atoms with Crippen LogP contribution in [0.3, 0.4) is 0 Å². The van der Waals surface area contributed by atoms with Gasteiger partial charge in [-0.2, -0.15) is 5.10 Å². The highest BCUT2D eigenvalue weighted by Crippen LogP contribution is 2.17. The second-order valence-corrected chi connectivity index (χ2v) is 8.36. The number of nitrogens with zero attached hydrogens (tertiary/aromatic N) is 2. The van der Waals surface area contributed by atoms with Crippen molar-refractivity contribution in [3.05, 3.63) is 119 Å². The number of carbonyl (C=O) groups is 4. The SMILES string of the molecule is C=O.Cc1cc(C(=O)NC(Cc2ccccc2)C(=O)C(N)=O)n(-c2cccc(Cc3ccccc3)c2)n1. The number of nitrogens with two attached hydrogens (primary N) is 1. The summed E-state index contributed by atoms with van der Waals surface area (Å²) in [5, 5.41) is 7.19. The normalized spacial score (nSPS) is 11.1. The Morgan fingerprint density at radius 2 is 1.46 bits per heavy atom. The van der Waals surface area contributed by atoms with Crippen molar-refractivity contribution in [3.8, 4) is 5.69 Å². The van der Waals surface area contributed by atoms with E-state index in [0.29, 0.717) is 5.69 Å². The summed E-state index contributed by atoms with van der Waals surface area (Å²) in [6.45, 7) is 3.79. The summed E-state index contributed by atoms with van der Waals surface area (Å²) in [7, 11) is 0. The van der Waals surface area contributed by atoms with Crippen molar-refractivity contribution in [2.24, 2.45) is 5.73 Å². The zero-order valence-corrected chi connectivity index (χ0v) is 20.5. The van der Waals surface area contributed by atoms with Crippen LogP contribution >= 0.6 is 0 Å². The summed E-state index contributed by atoms with van der Waals surface area (Å²) in [5.74, 6) is -2.46. The second kappa shape index (κ2) is 12.7. The zero-order valence-electron chi connectivity index (χ0n) is 20.5. The molecule has 0 fully saturated rings. The van der Waals surface area contributed by atoms with Crippen LogP contribution in [0, 0.1) is 6.92 Å². The standard InChI is InChI=1S/C28H26N4O3.CH2O/c1-19-15-25(28(35)30-24(26(33)27(29)34)18-21-11-6-3-7-12-21)32(31-19)23-14-8-13-22(17-23)16-20-9-4-2-5-10-20;1-2/h2-15,17,24H,16,18H2,1H3,(H2,29,34)(H,30,35);1H2. The summed E-state index contributed by atoms with van der Waals surface area (Å²) in [6.07, 6.45) is 0.886. The first-order chi connectivity index (χ1) is 17.9. The van der Waals surface area contributed by atoms with E-state index in [1.807, 2.05) is 79.6 Å². The van der Waals surface area contributed by atoms with Crippen LogP contribution in [0.1, 0.15) is 32.9 Å². The molecule has 4 rings (SSSR count). The lowest BCUT2D eigenvalue weighted by atomic mass is 10.0. The molecule has 0 saturated heterocycles. The third-order valence-corrected chi connectivity index (χ3v) is 5.62. The summed E-state index contributed by atoms with van der Waals surface area (Å²) in [6, 6.07) is 27.6. The summed E-state index contributed by atoms with van der Waals surface area (Å²) in [5.41, 5.74) is 9.91. The number of rotatable bonds is 9. The van der Waals surface area contributed by atoms with Crippen molar-refractivity contribution in [1.82, 2.24) is 15.1 Å². The Balaban J connectivity index is 0.00000186. The zero-order chi connectivity index (χ0) is 26.8. The average molecular weight is 497 g/mol. The Bertz CT molecular complexity index is 1370. The second-order valence-electron chi connectivity index (χ2n) is 8.36. The largest absolute Gasteiger partial charge is 0.363 e. The Kier molecular flexibility index (Phi) is 9.21. The lowest BCUT2D eigenvalue weighted by Gasteiger charge is -2.17. The van der Waals surface area contributed by atoms with Crippen molar-refractivity contribution < 1.29 is 19.2 Å². The predicted molar refractivity (Wildman–Crippen MR) is 140 cm³/mol. The number of aryl methyl sites for hydroxylation is 1. The maximum Gasteiger partial charge on any atom is 0.287 e. The van der Waals surface area contributed by atoms with Crippen LogP contribution in [-0.2, 0) is 27.2 Å². The van der Waals surface area contributed by atoms with Crippen LogP contribution in [0.4, 0.5) is 0 Å². The number of hydrogen-bond donors (Lipinski definition) is 2. The topological polar surface area (TPSA) is 124 Å². The van der Waals surface area contributed by atoms with Gasteiger partial charge in [0, 0.05) is 6.42 Å². The van der Waals surface area contributed by atoms with E-state index in [4.69, 9.17) is 10.5 Å². The van der Waals surface area contributed by atoms with E-state index < -0.39 is 23.6 Å². The number of ketones is 1. The molecule has 0 spiro atoms. The fraction of sp³-hybridized carbons (Fsp3) is 0.138. The van der Waals surface area contributed by atoms with Gasteiger partial charge in [0.1, 0.15) is 18.5 Å². The van der Waals surface area contributed by atoms with E-state index >= 15 is 0 Å². The van der Waals surface area contributed by atoms with Gasteiger partial charge in [-0.05, 0) is 48.2 Å². The summed E-state index contributed by atoms with van der Waals surface area (Å²) < 4.78 is 1.55. The first-order valence-corrected chi connectivity index (χ1v) is 11.6. The molecule has 2 amide bonds. The van der Waals surface area contributed by atoms with Gasteiger partial charge < -0.3 is 15.8 Å². The summed E-state index contributed by atoms with van der Waals surface area (Å²) >= 11 is 0. The van der Waals surface area contributed by atoms with Crippen molar-refractivity contribution in [1.29, 1.82) is 0 Å². The first kappa shape index (κ1) is 26.7. The van der Waals surface area contributed by atoms with Crippen LogP contribution < -0.4 is 11.1 Å². The minimum atomic E-state index is -1.09. The Morgan fingerprint density at radius 3 is 2.08 bits per heavy atom. The van der Waals surface area contributed by atoms with E-state index in [9.17, 15) is 14.4 Å². The maximum atomic E-state index is 13.3. The highest BCUT2D eigenvalue weighted by atomic mass is 16.2. The number of hydrogen-bond acceptors (Lipinski definition) is 5. The number of nitrogens with one attached hydrogen (secondary N) is 1. The minimum absolute atomic E-state index is 0.147. The number of carbonyl (C=O) groups excluding carboxylic acids is 4. The van der Waals surface area contributed by atoms with Gasteiger partial charge in [-0.3, -0.25) is 14.4 Å². The van der Waals surface area contributed by atoms with Gasteiger partial charge >= 0.3 is 0 Å². The predicted octanol–water partition coefficient (Wildman–Crippen LogP) is 2.98.